The molecular formula is C27H30Cl2N2O6S. The van der Waals surface area contributed by atoms with Crippen LogP contribution in [0.15, 0.2) is 53.9 Å². The number of carbonyl (C=O) groups excluding carboxylic acids is 1. The van der Waals surface area contributed by atoms with Crippen molar-refractivity contribution in [2.45, 2.75) is 29.8 Å². The van der Waals surface area contributed by atoms with E-state index in [1.807, 2.05) is 6.08 Å². The summed E-state index contributed by atoms with van der Waals surface area (Å²) in [5.41, 5.74) is 0. The van der Waals surface area contributed by atoms with Crippen LogP contribution in [-0.4, -0.2) is 69.5 Å². The van der Waals surface area contributed by atoms with Gasteiger partial charge in [-0.1, -0.05) is 29.3 Å². The molecule has 3 aliphatic rings. The number of hydrogen-bond acceptors (Lipinski definition) is 6. The maximum atomic E-state index is 13.9. The summed E-state index contributed by atoms with van der Waals surface area (Å²) in [5, 5.41) is 0.453. The highest BCUT2D eigenvalue weighted by Crippen LogP contribution is 2.53. The molecule has 3 fully saturated rings. The second-order valence-corrected chi connectivity index (χ2v) is 12.6. The van der Waals surface area contributed by atoms with Crippen molar-refractivity contribution in [2.75, 3.05) is 33.9 Å². The Balaban J connectivity index is 1.40. The van der Waals surface area contributed by atoms with Gasteiger partial charge in [-0.25, -0.2) is 8.42 Å². The van der Waals surface area contributed by atoms with Crippen molar-refractivity contribution >= 4 is 39.1 Å². The Labute approximate surface area is 233 Å². The molecule has 0 N–H and O–H groups in total. The monoisotopic (exact) mass is 580 g/mol. The van der Waals surface area contributed by atoms with Gasteiger partial charge in [-0.2, -0.15) is 4.31 Å². The Kier molecular flexibility index (Phi) is 7.57. The largest absolute Gasteiger partial charge is 0.493 e. The summed E-state index contributed by atoms with van der Waals surface area (Å²) in [6.45, 7) is 5.02. The first-order chi connectivity index (χ1) is 18.2. The van der Waals surface area contributed by atoms with Crippen molar-refractivity contribution < 1.29 is 27.4 Å². The summed E-state index contributed by atoms with van der Waals surface area (Å²) < 4.78 is 45.8. The zero-order valence-corrected chi connectivity index (χ0v) is 23.5. The number of halogens is 2. The number of carbonyl (C=O) groups is 1. The molecule has 0 radical (unpaired) electrons. The minimum absolute atomic E-state index is 0.0000356. The van der Waals surface area contributed by atoms with Crippen molar-refractivity contribution in [3.05, 3.63) is 59.1 Å². The SMILES string of the molecule is C=CC1CC2C(=O)N(CCOc3ccc(OC)c(OC)c3)CC3C1CC3N2S(=O)(=O)c1cc(Cl)cc(Cl)c1. The number of rotatable bonds is 9. The maximum Gasteiger partial charge on any atom is 0.244 e. The number of benzene rings is 2. The zero-order valence-electron chi connectivity index (χ0n) is 21.2. The summed E-state index contributed by atoms with van der Waals surface area (Å²) in [4.78, 5) is 15.6. The van der Waals surface area contributed by atoms with E-state index in [0.29, 0.717) is 43.2 Å². The molecule has 4 bridgehead atoms. The molecule has 5 rings (SSSR count). The normalized spacial score (nSPS) is 26.8. The van der Waals surface area contributed by atoms with Gasteiger partial charge in [-0.15, -0.1) is 6.58 Å². The highest BCUT2D eigenvalue weighted by molar-refractivity contribution is 7.89. The van der Waals surface area contributed by atoms with Gasteiger partial charge in [0.1, 0.15) is 18.4 Å². The smallest absolute Gasteiger partial charge is 0.244 e. The van der Waals surface area contributed by atoms with E-state index in [0.717, 1.165) is 0 Å². The Morgan fingerprint density at radius 1 is 1.03 bits per heavy atom. The Morgan fingerprint density at radius 2 is 1.74 bits per heavy atom. The Hall–Kier alpha value is -2.46. The lowest BCUT2D eigenvalue weighted by Crippen LogP contribution is -2.55. The zero-order chi connectivity index (χ0) is 27.2. The van der Waals surface area contributed by atoms with Crippen LogP contribution in [0.4, 0.5) is 0 Å². The fourth-order valence-electron chi connectivity index (χ4n) is 6.09. The van der Waals surface area contributed by atoms with Crippen LogP contribution < -0.4 is 14.2 Å². The van der Waals surface area contributed by atoms with E-state index in [1.54, 1.807) is 37.3 Å². The number of fused-ring (bicyclic) bond motifs is 1. The Bertz CT molecular complexity index is 1330. The van der Waals surface area contributed by atoms with E-state index in [4.69, 9.17) is 37.4 Å². The van der Waals surface area contributed by atoms with Gasteiger partial charge in [0.15, 0.2) is 11.5 Å². The van der Waals surface area contributed by atoms with Gasteiger partial charge in [-0.3, -0.25) is 4.79 Å². The molecule has 1 aliphatic carbocycles. The van der Waals surface area contributed by atoms with Crippen molar-refractivity contribution in [3.8, 4) is 17.2 Å². The first kappa shape index (κ1) is 27.1. The van der Waals surface area contributed by atoms with Crippen LogP contribution >= 0.6 is 23.2 Å². The molecule has 1 saturated carbocycles. The summed E-state index contributed by atoms with van der Waals surface area (Å²) in [6.07, 6.45) is 2.95. The van der Waals surface area contributed by atoms with Crippen LogP contribution in [0, 0.1) is 17.8 Å². The molecule has 8 nitrogen and oxygen atoms in total. The molecule has 2 aromatic rings. The van der Waals surface area contributed by atoms with Gasteiger partial charge in [-0.05, 0) is 60.9 Å². The Morgan fingerprint density at radius 3 is 2.39 bits per heavy atom. The van der Waals surface area contributed by atoms with Gasteiger partial charge < -0.3 is 19.1 Å². The first-order valence-corrected chi connectivity index (χ1v) is 14.6. The van der Waals surface area contributed by atoms with E-state index < -0.39 is 16.1 Å². The molecule has 38 heavy (non-hydrogen) atoms. The van der Waals surface area contributed by atoms with E-state index >= 15 is 0 Å². The van der Waals surface area contributed by atoms with Crippen LogP contribution in [0.25, 0.3) is 0 Å². The highest BCUT2D eigenvalue weighted by atomic mass is 35.5. The third-order valence-corrected chi connectivity index (χ3v) is 10.3. The topological polar surface area (TPSA) is 85.4 Å². The fourth-order valence-corrected chi connectivity index (χ4v) is 8.65. The minimum atomic E-state index is -4.04. The molecule has 5 unspecified atom stereocenters. The van der Waals surface area contributed by atoms with Crippen molar-refractivity contribution in [3.63, 3.8) is 0 Å². The predicted octanol–water partition coefficient (Wildman–Crippen LogP) is 4.50. The number of hydrogen-bond donors (Lipinski definition) is 0. The molecule has 0 spiro atoms. The van der Waals surface area contributed by atoms with Crippen molar-refractivity contribution in [1.29, 1.82) is 0 Å². The number of nitrogens with zero attached hydrogens (tertiary/aromatic N) is 2. The molecule has 11 heteroatoms. The molecule has 2 aromatic carbocycles. The lowest BCUT2D eigenvalue weighted by Gasteiger charge is -2.48. The maximum absolute atomic E-state index is 13.9. The number of ether oxygens (including phenoxy) is 3. The number of sulfonamides is 1. The van der Waals surface area contributed by atoms with Gasteiger partial charge >= 0.3 is 0 Å². The number of amides is 1. The first-order valence-electron chi connectivity index (χ1n) is 12.4. The number of allylic oxidation sites excluding steroid dienone is 1. The van der Waals surface area contributed by atoms with Crippen LogP contribution in [0.3, 0.4) is 0 Å². The van der Waals surface area contributed by atoms with Gasteiger partial charge in [0.25, 0.3) is 0 Å². The van der Waals surface area contributed by atoms with Crippen LogP contribution in [0.2, 0.25) is 10.0 Å². The standard InChI is InChI=1S/C27H30Cl2N2O6S/c1-4-16-9-24-27(32)30(7-8-37-19-5-6-25(35-2)26(13-19)36-3)15-22-21(16)14-23(22)31(24)38(33,34)20-11-17(28)10-18(29)12-20/h4-6,10-13,16,21-24H,1,7-9,14-15H2,2-3H3. The molecule has 0 aromatic heterocycles. The minimum Gasteiger partial charge on any atom is -0.493 e. The average Bonchev–Trinajstić information content (AvgIpc) is 3.18. The molecule has 1 amide bonds. The van der Waals surface area contributed by atoms with Gasteiger partial charge in [0, 0.05) is 28.7 Å². The third-order valence-electron chi connectivity index (χ3n) is 7.96. The number of likely N-dealkylation sites (tertiary alicyclic amines) is 1. The summed E-state index contributed by atoms with van der Waals surface area (Å²) >= 11 is 12.3. The van der Waals surface area contributed by atoms with Crippen LogP contribution in [-0.2, 0) is 14.8 Å². The summed E-state index contributed by atoms with van der Waals surface area (Å²) in [7, 11) is -0.923. The lowest BCUT2D eigenvalue weighted by atomic mass is 9.63. The quantitative estimate of drug-likeness (QED) is 0.406. The van der Waals surface area contributed by atoms with Crippen molar-refractivity contribution in [1.82, 2.24) is 9.21 Å². The second kappa shape index (κ2) is 10.6. The van der Waals surface area contributed by atoms with E-state index in [9.17, 15) is 13.2 Å². The van der Waals surface area contributed by atoms with E-state index in [2.05, 4.69) is 6.58 Å². The lowest BCUT2D eigenvalue weighted by molar-refractivity contribution is -0.135. The molecule has 204 valence electrons. The van der Waals surface area contributed by atoms with Crippen LogP contribution in [0.5, 0.6) is 17.2 Å². The second-order valence-electron chi connectivity index (χ2n) is 9.87. The van der Waals surface area contributed by atoms with Crippen molar-refractivity contribution in [2.24, 2.45) is 17.8 Å². The van der Waals surface area contributed by atoms with Gasteiger partial charge in [0.05, 0.1) is 25.7 Å². The molecule has 5 atom stereocenters. The van der Waals surface area contributed by atoms with E-state index in [1.165, 1.54) is 22.5 Å². The molecule has 2 heterocycles. The summed E-state index contributed by atoms with van der Waals surface area (Å²) in [5.74, 6) is 1.83. The summed E-state index contributed by atoms with van der Waals surface area (Å²) in [6, 6.07) is 8.39. The third kappa shape index (κ3) is 4.74. The average molecular weight is 582 g/mol. The molecular weight excluding hydrogens is 551 g/mol. The fraction of sp³-hybridized carbons (Fsp3) is 0.444. The molecule has 2 aliphatic heterocycles. The van der Waals surface area contributed by atoms with Gasteiger partial charge in [0.2, 0.25) is 15.9 Å². The molecule has 2 saturated heterocycles. The van der Waals surface area contributed by atoms with E-state index in [-0.39, 0.29) is 51.3 Å². The highest BCUT2D eigenvalue weighted by Gasteiger charge is 2.60. The number of methoxy groups -OCH3 is 2. The van der Waals surface area contributed by atoms with Crippen LogP contribution in [0.1, 0.15) is 12.8 Å². The predicted molar refractivity (Wildman–Crippen MR) is 145 cm³/mol.